The molecule has 0 atom stereocenters. The van der Waals surface area contributed by atoms with Gasteiger partial charge in [0.1, 0.15) is 5.69 Å². The summed E-state index contributed by atoms with van der Waals surface area (Å²) in [7, 11) is -2.88. The zero-order valence-electron chi connectivity index (χ0n) is 18.8. The number of pyridine rings is 2. The molecule has 2 heterocycles. The van der Waals surface area contributed by atoms with Crippen molar-refractivity contribution in [2.45, 2.75) is 4.90 Å². The third-order valence-corrected chi connectivity index (χ3v) is 6.59. The predicted molar refractivity (Wildman–Crippen MR) is 135 cm³/mol. The van der Waals surface area contributed by atoms with E-state index in [9.17, 15) is 18.0 Å². The first kappa shape index (κ1) is 24.8. The van der Waals surface area contributed by atoms with Crippen molar-refractivity contribution in [1.82, 2.24) is 9.97 Å². The number of rotatable bonds is 8. The van der Waals surface area contributed by atoms with Gasteiger partial charge < -0.3 is 10.1 Å². The molecule has 4 rings (SSSR count). The number of anilines is 2. The van der Waals surface area contributed by atoms with Crippen molar-refractivity contribution in [2.75, 3.05) is 17.1 Å². The van der Waals surface area contributed by atoms with Gasteiger partial charge in [-0.05, 0) is 42.5 Å². The average Bonchev–Trinajstić information content (AvgIpc) is 2.90. The number of nitrogens with one attached hydrogen (secondary N) is 2. The highest BCUT2D eigenvalue weighted by atomic mass is 35.5. The number of aromatic nitrogens is 2. The lowest BCUT2D eigenvalue weighted by molar-refractivity contribution is 0.0992. The molecule has 2 aromatic heterocycles. The number of benzene rings is 2. The fourth-order valence-corrected chi connectivity index (χ4v) is 4.61. The summed E-state index contributed by atoms with van der Waals surface area (Å²) in [6, 6.07) is 18.8. The van der Waals surface area contributed by atoms with Gasteiger partial charge in [-0.3, -0.25) is 19.3 Å². The van der Waals surface area contributed by atoms with E-state index in [0.29, 0.717) is 10.6 Å². The van der Waals surface area contributed by atoms with Crippen LogP contribution in [0.4, 0.5) is 11.4 Å². The van der Waals surface area contributed by atoms with Gasteiger partial charge in [-0.2, -0.15) is 0 Å². The summed E-state index contributed by atoms with van der Waals surface area (Å²) in [4.78, 5) is 33.8. The predicted octanol–water partition coefficient (Wildman–Crippen LogP) is 4.42. The molecule has 9 nitrogen and oxygen atoms in total. The van der Waals surface area contributed by atoms with Gasteiger partial charge in [0.2, 0.25) is 5.88 Å². The molecule has 182 valence electrons. The maximum Gasteiger partial charge on any atom is 0.275 e. The second-order valence-corrected chi connectivity index (χ2v) is 9.48. The number of hydrogen-bond acceptors (Lipinski definition) is 7. The summed E-state index contributed by atoms with van der Waals surface area (Å²) < 4.78 is 33.6. The van der Waals surface area contributed by atoms with Gasteiger partial charge in [0.25, 0.3) is 15.9 Å². The van der Waals surface area contributed by atoms with Gasteiger partial charge in [-0.25, -0.2) is 13.4 Å². The van der Waals surface area contributed by atoms with Crippen LogP contribution in [-0.4, -0.2) is 37.2 Å². The van der Waals surface area contributed by atoms with Crippen molar-refractivity contribution in [3.63, 3.8) is 0 Å². The average molecular weight is 523 g/mol. The summed E-state index contributed by atoms with van der Waals surface area (Å²) in [5.41, 5.74) is 0.701. The van der Waals surface area contributed by atoms with Crippen LogP contribution in [0.5, 0.6) is 5.88 Å². The molecule has 0 saturated heterocycles. The van der Waals surface area contributed by atoms with Crippen LogP contribution in [0.1, 0.15) is 26.4 Å². The Hall–Kier alpha value is -4.28. The van der Waals surface area contributed by atoms with Crippen molar-refractivity contribution in [1.29, 1.82) is 0 Å². The van der Waals surface area contributed by atoms with Crippen molar-refractivity contribution in [3.05, 3.63) is 107 Å². The Bertz CT molecular complexity index is 1530. The Morgan fingerprint density at radius 1 is 0.917 bits per heavy atom. The van der Waals surface area contributed by atoms with E-state index in [2.05, 4.69) is 20.0 Å². The summed E-state index contributed by atoms with van der Waals surface area (Å²) in [5.74, 6) is -1.26. The molecule has 1 amide bonds. The smallest absolute Gasteiger partial charge is 0.275 e. The largest absolute Gasteiger partial charge is 0.480 e. The molecule has 2 aromatic carbocycles. The Morgan fingerprint density at radius 2 is 1.64 bits per heavy atom. The minimum absolute atomic E-state index is 0.0565. The van der Waals surface area contributed by atoms with Crippen LogP contribution >= 0.6 is 11.6 Å². The van der Waals surface area contributed by atoms with Gasteiger partial charge >= 0.3 is 0 Å². The molecule has 11 heteroatoms. The first-order valence-electron chi connectivity index (χ1n) is 10.5. The maximum absolute atomic E-state index is 13.0. The third kappa shape index (κ3) is 5.51. The van der Waals surface area contributed by atoms with Crippen LogP contribution in [0.25, 0.3) is 0 Å². The molecule has 0 aliphatic rings. The zero-order valence-corrected chi connectivity index (χ0v) is 20.4. The Balaban J connectivity index is 1.63. The van der Waals surface area contributed by atoms with E-state index in [4.69, 9.17) is 16.3 Å². The van der Waals surface area contributed by atoms with Crippen LogP contribution in [0.3, 0.4) is 0 Å². The summed E-state index contributed by atoms with van der Waals surface area (Å²) in [6.07, 6.45) is 2.62. The van der Waals surface area contributed by atoms with Crippen LogP contribution < -0.4 is 14.8 Å². The number of hydrogen-bond donors (Lipinski definition) is 2. The van der Waals surface area contributed by atoms with E-state index >= 15 is 0 Å². The lowest BCUT2D eigenvalue weighted by atomic mass is 10.0. The van der Waals surface area contributed by atoms with Gasteiger partial charge in [0, 0.05) is 22.5 Å². The molecule has 0 radical (unpaired) electrons. The van der Waals surface area contributed by atoms with E-state index in [1.165, 1.54) is 55.9 Å². The molecule has 0 bridgehead atoms. The molecule has 0 fully saturated rings. The molecule has 36 heavy (non-hydrogen) atoms. The Morgan fingerprint density at radius 3 is 2.33 bits per heavy atom. The number of sulfonamides is 1. The summed E-state index contributed by atoms with van der Waals surface area (Å²) in [5, 5.41) is 3.00. The monoisotopic (exact) mass is 522 g/mol. The number of ether oxygens (including phenoxy) is 1. The summed E-state index contributed by atoms with van der Waals surface area (Å²) >= 11 is 5.86. The van der Waals surface area contributed by atoms with Crippen LogP contribution in [0.15, 0.2) is 90.1 Å². The second-order valence-electron chi connectivity index (χ2n) is 7.39. The third-order valence-electron chi connectivity index (χ3n) is 4.96. The molecular formula is C25H19ClN4O5S. The molecule has 0 unspecified atom stereocenters. The lowest BCUT2D eigenvalue weighted by Crippen LogP contribution is -2.20. The number of amides is 1. The van der Waals surface area contributed by atoms with Crippen LogP contribution in [0, 0.1) is 0 Å². The molecule has 0 saturated carbocycles. The van der Waals surface area contributed by atoms with Crippen LogP contribution in [-0.2, 0) is 10.0 Å². The Kier molecular flexibility index (Phi) is 7.28. The van der Waals surface area contributed by atoms with Crippen molar-refractivity contribution < 1.29 is 22.7 Å². The fraction of sp³-hybridized carbons (Fsp3) is 0.0400. The van der Waals surface area contributed by atoms with Gasteiger partial charge in [0.05, 0.1) is 24.6 Å². The zero-order chi connectivity index (χ0) is 25.7. The first-order chi connectivity index (χ1) is 17.3. The maximum atomic E-state index is 13.0. The van der Waals surface area contributed by atoms with Crippen molar-refractivity contribution in [2.24, 2.45) is 0 Å². The minimum Gasteiger partial charge on any atom is -0.480 e. The van der Waals surface area contributed by atoms with E-state index in [1.807, 2.05) is 0 Å². The Labute approximate surface area is 212 Å². The number of ketones is 1. The van der Waals surface area contributed by atoms with E-state index in [-0.39, 0.29) is 39.2 Å². The highest BCUT2D eigenvalue weighted by Gasteiger charge is 2.24. The normalized spacial score (nSPS) is 10.9. The van der Waals surface area contributed by atoms with E-state index in [0.717, 1.165) is 0 Å². The molecule has 0 aliphatic heterocycles. The molecule has 4 aromatic rings. The van der Waals surface area contributed by atoms with Gasteiger partial charge in [-0.15, -0.1) is 0 Å². The number of halogens is 1. The number of carbonyl (C=O) groups is 2. The number of carbonyl (C=O) groups excluding carboxylic acids is 2. The van der Waals surface area contributed by atoms with E-state index < -0.39 is 15.9 Å². The van der Waals surface area contributed by atoms with Crippen molar-refractivity contribution in [3.8, 4) is 5.88 Å². The molecular weight excluding hydrogens is 504 g/mol. The summed E-state index contributed by atoms with van der Waals surface area (Å²) in [6.45, 7) is 0. The van der Waals surface area contributed by atoms with Gasteiger partial charge in [0.15, 0.2) is 10.7 Å². The second kappa shape index (κ2) is 10.5. The first-order valence-corrected chi connectivity index (χ1v) is 12.3. The molecule has 0 aliphatic carbocycles. The molecule has 2 N–H and O–H groups in total. The van der Waals surface area contributed by atoms with E-state index in [1.54, 1.807) is 36.4 Å². The highest BCUT2D eigenvalue weighted by Crippen LogP contribution is 2.27. The fourth-order valence-electron chi connectivity index (χ4n) is 3.28. The highest BCUT2D eigenvalue weighted by molar-refractivity contribution is 7.92. The van der Waals surface area contributed by atoms with Crippen LogP contribution in [0.2, 0.25) is 5.02 Å². The van der Waals surface area contributed by atoms with Crippen molar-refractivity contribution >= 4 is 44.7 Å². The number of nitrogens with zero attached hydrogens (tertiary/aromatic N) is 2. The van der Waals surface area contributed by atoms with Gasteiger partial charge in [-0.1, -0.05) is 41.9 Å². The number of methoxy groups -OCH3 is 1. The quantitative estimate of drug-likeness (QED) is 0.328. The SMILES string of the molecule is COc1ncc(NC(=O)c2ncccc2C(=O)c2ccccc2)cc1S(=O)(=O)Nc1ccc(Cl)cc1. The lowest BCUT2D eigenvalue weighted by Gasteiger charge is -2.13. The molecule has 0 spiro atoms. The topological polar surface area (TPSA) is 127 Å². The minimum atomic E-state index is -4.15. The standard InChI is InChI=1S/C25H19ClN4O5S/c1-35-25-21(36(33,34)30-18-11-9-17(26)10-12-18)14-19(15-28-25)29-24(32)22-20(8-5-13-27-22)23(31)16-6-3-2-4-7-16/h2-15,30H,1H3,(H,29,32).